The monoisotopic (exact) mass is 542 g/mol. The second-order valence-corrected chi connectivity index (χ2v) is 11.6. The van der Waals surface area contributed by atoms with Crippen LogP contribution in [-0.4, -0.2) is 90.3 Å². The molecule has 3 fully saturated rings. The maximum Gasteiger partial charge on any atom is 0.255 e. The van der Waals surface area contributed by atoms with Crippen molar-refractivity contribution in [2.24, 2.45) is 0 Å². The zero-order chi connectivity index (χ0) is 27.1. The van der Waals surface area contributed by atoms with Crippen molar-refractivity contribution in [2.75, 3.05) is 57.4 Å². The molecule has 3 atom stereocenters. The molecule has 3 aromatic rings. The van der Waals surface area contributed by atoms with Gasteiger partial charge in [0.1, 0.15) is 11.9 Å². The highest BCUT2D eigenvalue weighted by molar-refractivity contribution is 5.99. The molecular weight excluding hydrogens is 504 g/mol. The summed E-state index contributed by atoms with van der Waals surface area (Å²) in [6.07, 6.45) is 5.26. The zero-order valence-electron chi connectivity index (χ0n) is 23.2. The van der Waals surface area contributed by atoms with Crippen molar-refractivity contribution in [1.29, 1.82) is 0 Å². The number of likely N-dealkylation sites (tertiary alicyclic amines) is 1. The lowest BCUT2D eigenvalue weighted by molar-refractivity contribution is 0.0609. The predicted molar refractivity (Wildman–Crippen MR) is 154 cm³/mol. The number of carbonyl (C=O) groups excluding carboxylic acids is 1. The maximum atomic E-state index is 13.2. The second kappa shape index (κ2) is 11.0. The number of fused-ring (bicyclic) bond motifs is 2. The van der Waals surface area contributed by atoms with Crippen LogP contribution >= 0.6 is 0 Å². The Morgan fingerprint density at radius 2 is 2.00 bits per heavy atom. The number of amides is 1. The Hall–Kier alpha value is -3.27. The Balaban J connectivity index is 0.973. The van der Waals surface area contributed by atoms with Crippen LogP contribution in [0, 0.1) is 0 Å². The Morgan fingerprint density at radius 3 is 2.85 bits per heavy atom. The van der Waals surface area contributed by atoms with Crippen LogP contribution in [0.5, 0.6) is 5.75 Å². The number of piperidine rings is 1. The lowest BCUT2D eigenvalue weighted by Crippen LogP contribution is -2.47. The van der Waals surface area contributed by atoms with E-state index in [1.165, 1.54) is 5.56 Å². The van der Waals surface area contributed by atoms with Crippen LogP contribution in [-0.2, 0) is 11.3 Å². The Kier molecular flexibility index (Phi) is 7.03. The SMILES string of the molecule is C[C@H]1c2cc(O[C@H]3CCN(Cc4ccc5nc(N6CCOCC6)ncc5c4)C3)ccc2C(=O)N1[C@H]1CCCNC1. The average molecular weight is 543 g/mol. The van der Waals surface area contributed by atoms with Crippen LogP contribution in [0.3, 0.4) is 0 Å². The number of nitrogens with one attached hydrogen (secondary N) is 1. The first-order chi connectivity index (χ1) is 19.6. The molecule has 9 heteroatoms. The van der Waals surface area contributed by atoms with E-state index in [9.17, 15) is 4.79 Å². The Morgan fingerprint density at radius 1 is 1.10 bits per heavy atom. The summed E-state index contributed by atoms with van der Waals surface area (Å²) in [4.78, 5) is 29.3. The molecule has 9 nitrogen and oxygen atoms in total. The third-order valence-electron chi connectivity index (χ3n) is 8.88. The van der Waals surface area contributed by atoms with E-state index in [0.717, 1.165) is 112 Å². The number of morpholine rings is 1. The molecule has 0 saturated carbocycles. The first-order valence-electron chi connectivity index (χ1n) is 14.8. The molecule has 0 bridgehead atoms. The number of anilines is 1. The first kappa shape index (κ1) is 25.7. The summed E-state index contributed by atoms with van der Waals surface area (Å²) in [5, 5.41) is 4.52. The van der Waals surface area contributed by atoms with Gasteiger partial charge in [0.15, 0.2) is 0 Å². The summed E-state index contributed by atoms with van der Waals surface area (Å²) in [5.41, 5.74) is 4.16. The second-order valence-electron chi connectivity index (χ2n) is 11.6. The van der Waals surface area contributed by atoms with Crippen LogP contribution < -0.4 is 15.0 Å². The molecule has 3 saturated heterocycles. The maximum absolute atomic E-state index is 13.2. The topological polar surface area (TPSA) is 83.1 Å². The van der Waals surface area contributed by atoms with Crippen molar-refractivity contribution >= 4 is 22.8 Å². The molecule has 0 unspecified atom stereocenters. The number of benzene rings is 2. The largest absolute Gasteiger partial charge is 0.489 e. The summed E-state index contributed by atoms with van der Waals surface area (Å²) in [7, 11) is 0. The van der Waals surface area contributed by atoms with Crippen molar-refractivity contribution in [2.45, 2.75) is 50.9 Å². The summed E-state index contributed by atoms with van der Waals surface area (Å²) < 4.78 is 11.9. The fraction of sp³-hybridized carbons (Fsp3) is 0.516. The molecule has 4 aliphatic heterocycles. The Bertz CT molecular complexity index is 1390. The molecule has 1 N–H and O–H groups in total. The molecule has 1 amide bonds. The van der Waals surface area contributed by atoms with Crippen molar-refractivity contribution in [3.05, 3.63) is 59.3 Å². The molecule has 2 aromatic carbocycles. The predicted octanol–water partition coefficient (Wildman–Crippen LogP) is 3.39. The van der Waals surface area contributed by atoms with Crippen molar-refractivity contribution in [3.8, 4) is 5.75 Å². The number of ether oxygens (including phenoxy) is 2. The van der Waals surface area contributed by atoms with Gasteiger partial charge in [0.2, 0.25) is 5.95 Å². The quantitative estimate of drug-likeness (QED) is 0.508. The third-order valence-corrected chi connectivity index (χ3v) is 8.88. The zero-order valence-corrected chi connectivity index (χ0v) is 23.2. The van der Waals surface area contributed by atoms with Crippen LogP contribution in [0.1, 0.15) is 53.7 Å². The summed E-state index contributed by atoms with van der Waals surface area (Å²) in [5.74, 6) is 1.81. The molecule has 0 radical (unpaired) electrons. The van der Waals surface area contributed by atoms with Gasteiger partial charge in [-0.05, 0) is 74.2 Å². The number of aromatic nitrogens is 2. The van der Waals surface area contributed by atoms with E-state index in [2.05, 4.69) is 56.2 Å². The van der Waals surface area contributed by atoms with Gasteiger partial charge in [0.05, 0.1) is 24.8 Å². The number of rotatable bonds is 6. The van der Waals surface area contributed by atoms with E-state index in [0.29, 0.717) is 0 Å². The van der Waals surface area contributed by atoms with Gasteiger partial charge in [0, 0.05) is 62.5 Å². The average Bonchev–Trinajstić information content (AvgIpc) is 3.54. The van der Waals surface area contributed by atoms with Gasteiger partial charge in [-0.25, -0.2) is 9.97 Å². The van der Waals surface area contributed by atoms with Gasteiger partial charge >= 0.3 is 0 Å². The van der Waals surface area contributed by atoms with E-state index in [-0.39, 0.29) is 24.1 Å². The van der Waals surface area contributed by atoms with Crippen LogP contribution in [0.2, 0.25) is 0 Å². The molecule has 0 spiro atoms. The van der Waals surface area contributed by atoms with Crippen molar-refractivity contribution in [1.82, 2.24) is 25.1 Å². The number of hydrogen-bond acceptors (Lipinski definition) is 8. The smallest absolute Gasteiger partial charge is 0.255 e. The lowest BCUT2D eigenvalue weighted by atomic mass is 10.0. The Labute approximate surface area is 235 Å². The molecule has 7 rings (SSSR count). The lowest BCUT2D eigenvalue weighted by Gasteiger charge is -2.34. The van der Waals surface area contributed by atoms with E-state index < -0.39 is 0 Å². The molecule has 210 valence electrons. The molecule has 0 aliphatic carbocycles. The number of hydrogen-bond donors (Lipinski definition) is 1. The molecule has 40 heavy (non-hydrogen) atoms. The molecule has 5 heterocycles. The highest BCUT2D eigenvalue weighted by Gasteiger charge is 2.39. The van der Waals surface area contributed by atoms with Crippen molar-refractivity contribution < 1.29 is 14.3 Å². The van der Waals surface area contributed by atoms with Crippen molar-refractivity contribution in [3.63, 3.8) is 0 Å². The van der Waals surface area contributed by atoms with Gasteiger partial charge in [-0.1, -0.05) is 6.07 Å². The standard InChI is InChI=1S/C31H38N6O3/c1-21-28-16-25(5-6-27(28)30(38)37(21)24-3-2-9-32-18-24)40-26-8-10-35(20-26)19-22-4-7-29-23(15-22)17-33-31(34-29)36-11-13-39-14-12-36/h4-7,15-17,21,24,26,32H,2-3,8-14,18-20H2,1H3/t21-,24-,26-/m0/s1. The fourth-order valence-electron chi connectivity index (χ4n) is 6.75. The van der Waals surface area contributed by atoms with E-state index in [1.807, 2.05) is 18.3 Å². The van der Waals surface area contributed by atoms with Crippen LogP contribution in [0.4, 0.5) is 5.95 Å². The summed E-state index contributed by atoms with van der Waals surface area (Å²) in [6.45, 7) is 9.95. The highest BCUT2D eigenvalue weighted by atomic mass is 16.5. The molecule has 1 aromatic heterocycles. The highest BCUT2D eigenvalue weighted by Crippen LogP contribution is 2.38. The minimum absolute atomic E-state index is 0.0814. The van der Waals surface area contributed by atoms with E-state index in [4.69, 9.17) is 14.5 Å². The number of nitrogens with zero attached hydrogens (tertiary/aromatic N) is 5. The van der Waals surface area contributed by atoms with Crippen LogP contribution in [0.15, 0.2) is 42.6 Å². The summed E-state index contributed by atoms with van der Waals surface area (Å²) in [6, 6.07) is 12.9. The van der Waals surface area contributed by atoms with Gasteiger partial charge < -0.3 is 24.6 Å². The minimum atomic E-state index is 0.0814. The molecule has 4 aliphatic rings. The first-order valence-corrected chi connectivity index (χ1v) is 14.8. The van der Waals surface area contributed by atoms with E-state index >= 15 is 0 Å². The van der Waals surface area contributed by atoms with Crippen LogP contribution in [0.25, 0.3) is 10.9 Å². The van der Waals surface area contributed by atoms with Gasteiger partial charge in [-0.3, -0.25) is 9.69 Å². The minimum Gasteiger partial charge on any atom is -0.489 e. The normalized spacial score (nSPS) is 25.5. The van der Waals surface area contributed by atoms with Gasteiger partial charge in [-0.2, -0.15) is 0 Å². The van der Waals surface area contributed by atoms with Gasteiger partial charge in [0.25, 0.3) is 5.91 Å². The van der Waals surface area contributed by atoms with E-state index in [1.54, 1.807) is 0 Å². The third kappa shape index (κ3) is 5.02. The fourth-order valence-corrected chi connectivity index (χ4v) is 6.75. The molecular formula is C31H38N6O3. The van der Waals surface area contributed by atoms with Gasteiger partial charge in [-0.15, -0.1) is 0 Å². The number of carbonyl (C=O) groups is 1. The summed E-state index contributed by atoms with van der Waals surface area (Å²) >= 11 is 0.